The molecule has 1 saturated heterocycles. The van der Waals surface area contributed by atoms with Crippen LogP contribution in [0.25, 0.3) is 0 Å². The van der Waals surface area contributed by atoms with E-state index in [4.69, 9.17) is 5.73 Å². The van der Waals surface area contributed by atoms with E-state index < -0.39 is 0 Å². The highest BCUT2D eigenvalue weighted by atomic mass is 19.1. The molecule has 1 fully saturated rings. The smallest absolute Gasteiger partial charge is 0.123 e. The molecule has 0 radical (unpaired) electrons. The summed E-state index contributed by atoms with van der Waals surface area (Å²) in [5, 5.41) is 3.32. The maximum absolute atomic E-state index is 13.2. The summed E-state index contributed by atoms with van der Waals surface area (Å²) in [4.78, 5) is 0. The lowest BCUT2D eigenvalue weighted by atomic mass is 9.89. The predicted molar refractivity (Wildman–Crippen MR) is 75.3 cm³/mol. The van der Waals surface area contributed by atoms with Crippen LogP contribution < -0.4 is 11.1 Å². The normalized spacial score (nSPS) is 16.3. The fourth-order valence-electron chi connectivity index (χ4n) is 2.16. The van der Waals surface area contributed by atoms with E-state index in [1.54, 1.807) is 12.1 Å². The third-order valence-corrected chi connectivity index (χ3v) is 2.88. The lowest BCUT2D eigenvalue weighted by Gasteiger charge is -2.23. The molecule has 0 atom stereocenters. The van der Waals surface area contributed by atoms with Crippen molar-refractivity contribution in [1.29, 1.82) is 0 Å². The Morgan fingerprint density at radius 1 is 1.22 bits per heavy atom. The van der Waals surface area contributed by atoms with Crippen LogP contribution in [0.4, 0.5) is 4.39 Å². The number of rotatable bonds is 1. The standard InChI is InChI=1S/C12H16FN.C3H9N/c1-9-6-11(8-12(13)7-9)10-2-4-14-5-3-10;1-3(2)4/h6-8,10,14H,2-5H2,1H3;3H,4H2,1-2H3. The first-order valence-corrected chi connectivity index (χ1v) is 6.72. The second-order valence-corrected chi connectivity index (χ2v) is 5.33. The number of hydrogen-bond acceptors (Lipinski definition) is 2. The van der Waals surface area contributed by atoms with Gasteiger partial charge in [0.05, 0.1) is 0 Å². The average Bonchev–Trinajstić information content (AvgIpc) is 2.28. The Morgan fingerprint density at radius 3 is 2.28 bits per heavy atom. The van der Waals surface area contributed by atoms with E-state index in [2.05, 4.69) is 11.4 Å². The number of nitrogens with two attached hydrogens (primary N) is 1. The number of aryl methyl sites for hydroxylation is 1. The van der Waals surface area contributed by atoms with Gasteiger partial charge in [0.25, 0.3) is 0 Å². The van der Waals surface area contributed by atoms with E-state index >= 15 is 0 Å². The van der Waals surface area contributed by atoms with Crippen LogP contribution in [0.2, 0.25) is 0 Å². The van der Waals surface area contributed by atoms with E-state index in [1.165, 1.54) is 5.56 Å². The van der Waals surface area contributed by atoms with E-state index in [-0.39, 0.29) is 5.82 Å². The summed E-state index contributed by atoms with van der Waals surface area (Å²) in [6.07, 6.45) is 2.26. The first kappa shape index (κ1) is 15.1. The van der Waals surface area contributed by atoms with E-state index in [1.807, 2.05) is 20.8 Å². The van der Waals surface area contributed by atoms with Crippen molar-refractivity contribution in [2.45, 2.75) is 45.6 Å². The fraction of sp³-hybridized carbons (Fsp3) is 0.600. The fourth-order valence-corrected chi connectivity index (χ4v) is 2.16. The predicted octanol–water partition coefficient (Wildman–Crippen LogP) is 2.95. The average molecular weight is 252 g/mol. The molecule has 1 aromatic carbocycles. The number of halogens is 1. The monoisotopic (exact) mass is 252 g/mol. The molecule has 2 rings (SSSR count). The molecule has 0 unspecified atom stereocenters. The Hall–Kier alpha value is -0.930. The molecule has 0 saturated carbocycles. The van der Waals surface area contributed by atoms with Crippen LogP contribution in [0.15, 0.2) is 18.2 Å². The molecular weight excluding hydrogens is 227 g/mol. The van der Waals surface area contributed by atoms with Gasteiger partial charge in [-0.1, -0.05) is 19.9 Å². The molecule has 2 nitrogen and oxygen atoms in total. The Kier molecular flexibility index (Phi) is 6.30. The minimum atomic E-state index is -0.0986. The second-order valence-electron chi connectivity index (χ2n) is 5.33. The molecule has 0 aliphatic carbocycles. The summed E-state index contributed by atoms with van der Waals surface area (Å²) >= 11 is 0. The number of piperidine rings is 1. The zero-order chi connectivity index (χ0) is 13.5. The molecule has 3 N–H and O–H groups in total. The van der Waals surface area contributed by atoms with Crippen molar-refractivity contribution < 1.29 is 4.39 Å². The lowest BCUT2D eigenvalue weighted by Crippen LogP contribution is -2.26. The van der Waals surface area contributed by atoms with Crippen molar-refractivity contribution in [1.82, 2.24) is 5.32 Å². The highest BCUT2D eigenvalue weighted by Gasteiger charge is 2.15. The third kappa shape index (κ3) is 5.61. The summed E-state index contributed by atoms with van der Waals surface area (Å²) < 4.78 is 13.2. The second kappa shape index (κ2) is 7.49. The van der Waals surface area contributed by atoms with Crippen molar-refractivity contribution in [3.05, 3.63) is 35.1 Å². The Balaban J connectivity index is 0.000000357. The molecule has 102 valence electrons. The topological polar surface area (TPSA) is 38.0 Å². The van der Waals surface area contributed by atoms with Gasteiger partial charge in [0.15, 0.2) is 0 Å². The molecule has 0 bridgehead atoms. The summed E-state index contributed by atoms with van der Waals surface area (Å²) in [7, 11) is 0. The van der Waals surface area contributed by atoms with Gasteiger partial charge < -0.3 is 11.1 Å². The maximum Gasteiger partial charge on any atom is 0.123 e. The summed E-state index contributed by atoms with van der Waals surface area (Å²) in [6.45, 7) is 7.95. The van der Waals surface area contributed by atoms with Crippen LogP contribution in [0, 0.1) is 12.7 Å². The first-order chi connectivity index (χ1) is 8.49. The Morgan fingerprint density at radius 2 is 1.78 bits per heavy atom. The van der Waals surface area contributed by atoms with Gasteiger partial charge in [-0.3, -0.25) is 0 Å². The molecular formula is C15H25FN2. The zero-order valence-electron chi connectivity index (χ0n) is 11.7. The SMILES string of the molecule is CC(C)N.Cc1cc(F)cc(C2CCNCC2)c1. The number of hydrogen-bond donors (Lipinski definition) is 2. The molecule has 0 amide bonds. The van der Waals surface area contributed by atoms with Gasteiger partial charge in [-0.25, -0.2) is 4.39 Å². The molecule has 1 aromatic rings. The van der Waals surface area contributed by atoms with Gasteiger partial charge in [0.2, 0.25) is 0 Å². The lowest BCUT2D eigenvalue weighted by molar-refractivity contribution is 0.458. The third-order valence-electron chi connectivity index (χ3n) is 2.88. The molecule has 3 heteroatoms. The van der Waals surface area contributed by atoms with Gasteiger partial charge in [-0.2, -0.15) is 0 Å². The minimum absolute atomic E-state index is 0.0986. The van der Waals surface area contributed by atoms with Crippen LogP contribution in [0.5, 0.6) is 0 Å². The van der Waals surface area contributed by atoms with Gasteiger partial charge >= 0.3 is 0 Å². The van der Waals surface area contributed by atoms with Crippen molar-refractivity contribution in [2.75, 3.05) is 13.1 Å². The van der Waals surface area contributed by atoms with Crippen molar-refractivity contribution in [3.63, 3.8) is 0 Å². The van der Waals surface area contributed by atoms with Gasteiger partial charge in [0.1, 0.15) is 5.82 Å². The van der Waals surface area contributed by atoms with E-state index in [0.29, 0.717) is 12.0 Å². The zero-order valence-corrected chi connectivity index (χ0v) is 11.7. The number of benzene rings is 1. The highest BCUT2D eigenvalue weighted by Crippen LogP contribution is 2.26. The van der Waals surface area contributed by atoms with Crippen molar-refractivity contribution in [2.24, 2.45) is 5.73 Å². The van der Waals surface area contributed by atoms with Crippen LogP contribution in [-0.4, -0.2) is 19.1 Å². The van der Waals surface area contributed by atoms with E-state index in [9.17, 15) is 4.39 Å². The molecule has 1 aliphatic rings. The summed E-state index contributed by atoms with van der Waals surface area (Å²) in [5.41, 5.74) is 7.31. The Bertz CT molecular complexity index is 335. The first-order valence-electron chi connectivity index (χ1n) is 6.72. The molecule has 1 heterocycles. The van der Waals surface area contributed by atoms with Crippen molar-refractivity contribution in [3.8, 4) is 0 Å². The molecule has 18 heavy (non-hydrogen) atoms. The van der Waals surface area contributed by atoms with Crippen LogP contribution in [0.1, 0.15) is 43.7 Å². The largest absolute Gasteiger partial charge is 0.328 e. The Labute approximate surface area is 110 Å². The van der Waals surface area contributed by atoms with Crippen LogP contribution in [0.3, 0.4) is 0 Å². The summed E-state index contributed by atoms with van der Waals surface area (Å²) in [6, 6.07) is 5.71. The van der Waals surface area contributed by atoms with Gasteiger partial charge in [-0.05, 0) is 68.1 Å². The van der Waals surface area contributed by atoms with Crippen molar-refractivity contribution >= 4 is 0 Å². The minimum Gasteiger partial charge on any atom is -0.328 e. The number of nitrogens with one attached hydrogen (secondary N) is 1. The molecule has 0 spiro atoms. The van der Waals surface area contributed by atoms with E-state index in [0.717, 1.165) is 31.5 Å². The van der Waals surface area contributed by atoms with Crippen LogP contribution >= 0.6 is 0 Å². The maximum atomic E-state index is 13.2. The quantitative estimate of drug-likeness (QED) is 0.806. The van der Waals surface area contributed by atoms with Gasteiger partial charge in [0, 0.05) is 0 Å². The molecule has 1 aliphatic heterocycles. The highest BCUT2D eigenvalue weighted by molar-refractivity contribution is 5.27. The molecule has 0 aromatic heterocycles. The van der Waals surface area contributed by atoms with Crippen LogP contribution in [-0.2, 0) is 0 Å². The van der Waals surface area contributed by atoms with Gasteiger partial charge in [-0.15, -0.1) is 0 Å². The summed E-state index contributed by atoms with van der Waals surface area (Å²) in [5.74, 6) is 0.448.